The third-order valence-corrected chi connectivity index (χ3v) is 5.54. The molecule has 0 spiro atoms. The van der Waals surface area contributed by atoms with Crippen LogP contribution >= 0.6 is 11.8 Å². The molecule has 0 radical (unpaired) electrons. The van der Waals surface area contributed by atoms with Crippen molar-refractivity contribution in [3.8, 4) is 0 Å². The minimum atomic E-state index is -3.39. The lowest BCUT2D eigenvalue weighted by Crippen LogP contribution is -2.29. The number of benzene rings is 1. The van der Waals surface area contributed by atoms with Crippen molar-refractivity contribution in [2.45, 2.75) is 24.7 Å². The molecule has 0 saturated carbocycles. The Bertz CT molecular complexity index is 501. The van der Waals surface area contributed by atoms with Gasteiger partial charge in [0.05, 0.1) is 4.90 Å². The van der Waals surface area contributed by atoms with Gasteiger partial charge in [0.2, 0.25) is 10.0 Å². The molecule has 1 rings (SSSR count). The largest absolute Gasteiger partial charge is 0.320 e. The van der Waals surface area contributed by atoms with Gasteiger partial charge in [-0.3, -0.25) is 0 Å². The first-order valence-electron chi connectivity index (χ1n) is 7.21. The van der Waals surface area contributed by atoms with Crippen LogP contribution in [0.1, 0.15) is 18.9 Å². The highest BCUT2D eigenvalue weighted by Crippen LogP contribution is 2.12. The van der Waals surface area contributed by atoms with Gasteiger partial charge < -0.3 is 5.32 Å². The zero-order chi connectivity index (χ0) is 15.7. The Labute approximate surface area is 133 Å². The number of hydrogen-bond donors (Lipinski definition) is 2. The highest BCUT2D eigenvalue weighted by atomic mass is 32.2. The molecule has 0 saturated heterocycles. The van der Waals surface area contributed by atoms with Gasteiger partial charge in [0.15, 0.2) is 0 Å². The van der Waals surface area contributed by atoms with Gasteiger partial charge >= 0.3 is 0 Å². The smallest absolute Gasteiger partial charge is 0.240 e. The molecule has 2 N–H and O–H groups in total. The van der Waals surface area contributed by atoms with Gasteiger partial charge in [-0.2, -0.15) is 11.8 Å². The van der Waals surface area contributed by atoms with Crippen molar-refractivity contribution in [1.82, 2.24) is 10.0 Å². The lowest BCUT2D eigenvalue weighted by molar-refractivity contribution is 0.562. The van der Waals surface area contributed by atoms with Crippen molar-refractivity contribution >= 4 is 21.8 Å². The fourth-order valence-electron chi connectivity index (χ4n) is 1.98. The van der Waals surface area contributed by atoms with Crippen LogP contribution in [-0.2, 0) is 16.4 Å². The van der Waals surface area contributed by atoms with Crippen LogP contribution in [0.5, 0.6) is 0 Å². The Kier molecular flexibility index (Phi) is 8.33. The molecule has 0 aromatic heterocycles. The summed E-state index contributed by atoms with van der Waals surface area (Å²) in [4.78, 5) is 0.344. The second-order valence-corrected chi connectivity index (χ2v) is 7.94. The first-order valence-corrected chi connectivity index (χ1v) is 10.1. The maximum Gasteiger partial charge on any atom is 0.240 e. The SMILES string of the molecule is CNCCCc1ccc(S(=O)(=O)NCC(C)CSC)cc1. The third-order valence-electron chi connectivity index (χ3n) is 3.20. The van der Waals surface area contributed by atoms with Crippen molar-refractivity contribution < 1.29 is 8.42 Å². The molecule has 1 atom stereocenters. The Morgan fingerprint density at radius 1 is 1.24 bits per heavy atom. The Hall–Kier alpha value is -0.560. The van der Waals surface area contributed by atoms with Gasteiger partial charge in [-0.25, -0.2) is 13.1 Å². The molecule has 0 heterocycles. The molecule has 120 valence electrons. The monoisotopic (exact) mass is 330 g/mol. The Morgan fingerprint density at radius 2 is 1.90 bits per heavy atom. The van der Waals surface area contributed by atoms with Gasteiger partial charge in [0, 0.05) is 6.54 Å². The van der Waals surface area contributed by atoms with Gasteiger partial charge in [0.25, 0.3) is 0 Å². The van der Waals surface area contributed by atoms with Gasteiger partial charge in [-0.1, -0.05) is 19.1 Å². The molecule has 21 heavy (non-hydrogen) atoms. The minimum absolute atomic E-state index is 0.329. The molecule has 1 unspecified atom stereocenters. The quantitative estimate of drug-likeness (QED) is 0.645. The van der Waals surface area contributed by atoms with E-state index in [-0.39, 0.29) is 0 Å². The molecule has 0 fully saturated rings. The molecule has 6 heteroatoms. The van der Waals surface area contributed by atoms with E-state index in [1.807, 2.05) is 32.4 Å². The zero-order valence-corrected chi connectivity index (χ0v) is 14.7. The Morgan fingerprint density at radius 3 is 2.48 bits per heavy atom. The molecular weight excluding hydrogens is 304 g/mol. The van der Waals surface area contributed by atoms with Gasteiger partial charge in [-0.15, -0.1) is 0 Å². The molecule has 4 nitrogen and oxygen atoms in total. The summed E-state index contributed by atoms with van der Waals surface area (Å²) in [6.45, 7) is 3.49. The van der Waals surface area contributed by atoms with E-state index in [1.165, 1.54) is 5.56 Å². The molecule has 0 bridgehead atoms. The van der Waals surface area contributed by atoms with Crippen LogP contribution in [0.2, 0.25) is 0 Å². The number of aryl methyl sites for hydroxylation is 1. The standard InChI is InChI=1S/C15H26N2O2S2/c1-13(12-20-3)11-17-21(18,19)15-8-6-14(7-9-15)5-4-10-16-2/h6-9,13,16-17H,4-5,10-12H2,1-3H3. The molecule has 0 amide bonds. The predicted octanol–water partition coefficient (Wildman–Crippen LogP) is 2.12. The van der Waals surface area contributed by atoms with E-state index in [2.05, 4.69) is 10.0 Å². The number of rotatable bonds is 10. The minimum Gasteiger partial charge on any atom is -0.320 e. The van der Waals surface area contributed by atoms with E-state index in [0.717, 1.165) is 25.1 Å². The van der Waals surface area contributed by atoms with Crippen LogP contribution in [0.25, 0.3) is 0 Å². The van der Waals surface area contributed by atoms with Crippen LogP contribution in [0.4, 0.5) is 0 Å². The first-order chi connectivity index (χ1) is 9.99. The molecular formula is C15H26N2O2S2. The average molecular weight is 331 g/mol. The summed E-state index contributed by atoms with van der Waals surface area (Å²) in [5.41, 5.74) is 1.17. The van der Waals surface area contributed by atoms with Crippen molar-refractivity contribution in [1.29, 1.82) is 0 Å². The average Bonchev–Trinajstić information content (AvgIpc) is 2.46. The topological polar surface area (TPSA) is 58.2 Å². The predicted molar refractivity (Wildman–Crippen MR) is 91.4 cm³/mol. The maximum atomic E-state index is 12.2. The molecule has 0 aliphatic rings. The van der Waals surface area contributed by atoms with Crippen molar-refractivity contribution in [3.05, 3.63) is 29.8 Å². The number of hydrogen-bond acceptors (Lipinski definition) is 4. The second kappa shape index (κ2) is 9.46. The van der Waals surface area contributed by atoms with Crippen molar-refractivity contribution in [3.63, 3.8) is 0 Å². The van der Waals surface area contributed by atoms with E-state index < -0.39 is 10.0 Å². The van der Waals surface area contributed by atoms with Crippen LogP contribution < -0.4 is 10.0 Å². The number of thioether (sulfide) groups is 1. The lowest BCUT2D eigenvalue weighted by Gasteiger charge is -2.12. The highest BCUT2D eigenvalue weighted by molar-refractivity contribution is 7.98. The van der Waals surface area contributed by atoms with E-state index >= 15 is 0 Å². The summed E-state index contributed by atoms with van der Waals surface area (Å²) in [7, 11) is -1.46. The summed E-state index contributed by atoms with van der Waals surface area (Å²) in [6, 6.07) is 7.18. The van der Waals surface area contributed by atoms with Crippen LogP contribution in [0.3, 0.4) is 0 Å². The van der Waals surface area contributed by atoms with Crippen LogP contribution in [0.15, 0.2) is 29.2 Å². The Balaban J connectivity index is 2.58. The van der Waals surface area contributed by atoms with Gasteiger partial charge in [0.1, 0.15) is 0 Å². The van der Waals surface area contributed by atoms with Gasteiger partial charge in [-0.05, 0) is 62.1 Å². The van der Waals surface area contributed by atoms with Crippen LogP contribution in [0, 0.1) is 5.92 Å². The van der Waals surface area contributed by atoms with E-state index in [9.17, 15) is 8.42 Å². The molecule has 1 aromatic carbocycles. The summed E-state index contributed by atoms with van der Waals surface area (Å²) in [6.07, 6.45) is 4.03. The molecule has 0 aliphatic heterocycles. The summed E-state index contributed by atoms with van der Waals surface area (Å²) in [5, 5.41) is 3.10. The van der Waals surface area contributed by atoms with Crippen molar-refractivity contribution in [2.75, 3.05) is 32.1 Å². The summed E-state index contributed by atoms with van der Waals surface area (Å²) in [5.74, 6) is 1.28. The van der Waals surface area contributed by atoms with Crippen molar-refractivity contribution in [2.24, 2.45) is 5.92 Å². The fourth-order valence-corrected chi connectivity index (χ4v) is 3.84. The summed E-state index contributed by atoms with van der Waals surface area (Å²) < 4.78 is 27.0. The van der Waals surface area contributed by atoms with E-state index in [4.69, 9.17) is 0 Å². The third kappa shape index (κ3) is 6.82. The normalized spacial score (nSPS) is 13.3. The number of nitrogens with one attached hydrogen (secondary N) is 2. The fraction of sp³-hybridized carbons (Fsp3) is 0.600. The molecule has 1 aromatic rings. The highest BCUT2D eigenvalue weighted by Gasteiger charge is 2.14. The zero-order valence-electron chi connectivity index (χ0n) is 13.1. The second-order valence-electron chi connectivity index (χ2n) is 5.26. The first kappa shape index (κ1) is 18.5. The lowest BCUT2D eigenvalue weighted by atomic mass is 10.1. The number of sulfonamides is 1. The van der Waals surface area contributed by atoms with E-state index in [0.29, 0.717) is 17.4 Å². The molecule has 0 aliphatic carbocycles. The van der Waals surface area contributed by atoms with E-state index in [1.54, 1.807) is 23.9 Å². The van der Waals surface area contributed by atoms with Crippen LogP contribution in [-0.4, -0.2) is 40.6 Å². The summed E-state index contributed by atoms with van der Waals surface area (Å²) >= 11 is 1.73. The maximum absolute atomic E-state index is 12.2.